The Morgan fingerprint density at radius 2 is 1.62 bits per heavy atom. The maximum Gasteiger partial charge on any atom is 0.0793 e. The first kappa shape index (κ1) is 11.7. The van der Waals surface area contributed by atoms with Crippen molar-refractivity contribution in [3.05, 3.63) is 34.4 Å². The van der Waals surface area contributed by atoms with Crippen molar-refractivity contribution in [1.29, 1.82) is 0 Å². The minimum absolute atomic E-state index is 0.234. The Morgan fingerprint density at radius 1 is 1.06 bits per heavy atom. The summed E-state index contributed by atoms with van der Waals surface area (Å²) >= 11 is 0. The summed E-state index contributed by atoms with van der Waals surface area (Å²) < 4.78 is 0. The molecule has 16 heavy (non-hydrogen) atoms. The van der Waals surface area contributed by atoms with E-state index in [1.807, 2.05) is 0 Å². The van der Waals surface area contributed by atoms with Crippen molar-refractivity contribution in [2.24, 2.45) is 0 Å². The summed E-state index contributed by atoms with van der Waals surface area (Å²) in [5, 5.41) is 10.1. The maximum atomic E-state index is 10.1. The Balaban J connectivity index is 2.53. The van der Waals surface area contributed by atoms with Gasteiger partial charge in [0.15, 0.2) is 0 Å². The van der Waals surface area contributed by atoms with Crippen LogP contribution in [-0.2, 0) is 12.8 Å². The minimum atomic E-state index is -0.234. The Bertz CT molecular complexity index is 344. The lowest BCUT2D eigenvalue weighted by molar-refractivity contribution is 0.151. The van der Waals surface area contributed by atoms with Crippen LogP contribution in [0.15, 0.2) is 12.1 Å². The van der Waals surface area contributed by atoms with E-state index in [2.05, 4.69) is 32.9 Å². The zero-order valence-electron chi connectivity index (χ0n) is 10.6. The second-order valence-electron chi connectivity index (χ2n) is 4.95. The molecule has 1 aliphatic carbocycles. The lowest BCUT2D eigenvalue weighted by Gasteiger charge is -2.28. The molecule has 0 fully saturated rings. The molecule has 0 aromatic heterocycles. The summed E-state index contributed by atoms with van der Waals surface area (Å²) in [6.45, 7) is 6.68. The number of aryl methyl sites for hydroxylation is 2. The Labute approximate surface area is 98.5 Å². The van der Waals surface area contributed by atoms with Crippen molar-refractivity contribution in [2.45, 2.75) is 58.5 Å². The average Bonchev–Trinajstić information content (AvgIpc) is 2.32. The number of hydrogen-bond donors (Lipinski definition) is 1. The SMILES string of the molecule is CCc1cc2c(cc1CC)[C@@H](O)CCC2C. The van der Waals surface area contributed by atoms with Crippen molar-refractivity contribution < 1.29 is 5.11 Å². The Morgan fingerprint density at radius 3 is 2.19 bits per heavy atom. The standard InChI is InChI=1S/C15H22O/c1-4-11-8-13-10(3)6-7-15(16)14(13)9-12(11)5-2/h8-10,15-16H,4-7H2,1-3H3/t10?,15-/m0/s1. The van der Waals surface area contributed by atoms with Crippen molar-refractivity contribution >= 4 is 0 Å². The van der Waals surface area contributed by atoms with Crippen LogP contribution in [0.3, 0.4) is 0 Å². The number of aliphatic hydroxyl groups is 1. The smallest absolute Gasteiger partial charge is 0.0793 e. The largest absolute Gasteiger partial charge is 0.388 e. The molecule has 0 bridgehead atoms. The molecule has 0 radical (unpaired) electrons. The molecule has 0 amide bonds. The molecule has 1 N–H and O–H groups in total. The second-order valence-corrected chi connectivity index (χ2v) is 4.95. The van der Waals surface area contributed by atoms with E-state index in [9.17, 15) is 5.11 Å². The first-order valence-electron chi connectivity index (χ1n) is 6.51. The molecule has 0 saturated heterocycles. The van der Waals surface area contributed by atoms with Crippen LogP contribution in [0.5, 0.6) is 0 Å². The number of benzene rings is 1. The van der Waals surface area contributed by atoms with Crippen LogP contribution in [0.2, 0.25) is 0 Å². The molecule has 1 heteroatoms. The zero-order valence-corrected chi connectivity index (χ0v) is 10.6. The van der Waals surface area contributed by atoms with Gasteiger partial charge in [-0.25, -0.2) is 0 Å². The fourth-order valence-electron chi connectivity index (χ4n) is 2.82. The van der Waals surface area contributed by atoms with Gasteiger partial charge >= 0.3 is 0 Å². The molecular weight excluding hydrogens is 196 g/mol. The summed E-state index contributed by atoms with van der Waals surface area (Å²) in [5.74, 6) is 0.606. The normalized spacial score (nSPS) is 24.2. The van der Waals surface area contributed by atoms with Crippen molar-refractivity contribution in [3.8, 4) is 0 Å². The van der Waals surface area contributed by atoms with E-state index in [1.165, 1.54) is 22.3 Å². The molecule has 0 saturated carbocycles. The third kappa shape index (κ3) is 1.89. The highest BCUT2D eigenvalue weighted by molar-refractivity contribution is 5.42. The van der Waals surface area contributed by atoms with Crippen LogP contribution in [0.4, 0.5) is 0 Å². The van der Waals surface area contributed by atoms with E-state index in [4.69, 9.17) is 0 Å². The first-order valence-corrected chi connectivity index (χ1v) is 6.51. The van der Waals surface area contributed by atoms with Crippen molar-refractivity contribution in [3.63, 3.8) is 0 Å². The van der Waals surface area contributed by atoms with Gasteiger partial charge in [-0.3, -0.25) is 0 Å². The quantitative estimate of drug-likeness (QED) is 0.801. The second kappa shape index (κ2) is 4.58. The van der Waals surface area contributed by atoms with E-state index >= 15 is 0 Å². The predicted molar refractivity (Wildman–Crippen MR) is 67.8 cm³/mol. The summed E-state index contributed by atoms with van der Waals surface area (Å²) in [4.78, 5) is 0. The number of rotatable bonds is 2. The predicted octanol–water partition coefficient (Wildman–Crippen LogP) is 3.74. The van der Waals surface area contributed by atoms with Gasteiger partial charge in [0, 0.05) is 0 Å². The van der Waals surface area contributed by atoms with Gasteiger partial charge < -0.3 is 5.11 Å². The molecule has 2 rings (SSSR count). The van der Waals surface area contributed by atoms with Gasteiger partial charge in [0.25, 0.3) is 0 Å². The molecule has 0 aliphatic heterocycles. The highest BCUT2D eigenvalue weighted by Gasteiger charge is 2.24. The van der Waals surface area contributed by atoms with E-state index < -0.39 is 0 Å². The van der Waals surface area contributed by atoms with Crippen LogP contribution >= 0.6 is 0 Å². The molecule has 1 nitrogen and oxygen atoms in total. The van der Waals surface area contributed by atoms with Crippen LogP contribution in [0.25, 0.3) is 0 Å². The molecule has 88 valence electrons. The fourth-order valence-corrected chi connectivity index (χ4v) is 2.82. The van der Waals surface area contributed by atoms with E-state index in [0.717, 1.165) is 25.7 Å². The van der Waals surface area contributed by atoms with Gasteiger partial charge in [-0.2, -0.15) is 0 Å². The number of aliphatic hydroxyl groups excluding tert-OH is 1. The van der Waals surface area contributed by atoms with Crippen LogP contribution < -0.4 is 0 Å². The zero-order chi connectivity index (χ0) is 11.7. The van der Waals surface area contributed by atoms with Gasteiger partial charge in [-0.15, -0.1) is 0 Å². The summed E-state index contributed by atoms with van der Waals surface area (Å²) in [5.41, 5.74) is 5.44. The van der Waals surface area contributed by atoms with Gasteiger partial charge in [0.1, 0.15) is 0 Å². The van der Waals surface area contributed by atoms with Gasteiger partial charge in [-0.05, 0) is 53.9 Å². The third-order valence-corrected chi connectivity index (χ3v) is 3.93. The highest BCUT2D eigenvalue weighted by atomic mass is 16.3. The molecule has 1 aliphatic rings. The number of hydrogen-bond acceptors (Lipinski definition) is 1. The van der Waals surface area contributed by atoms with Gasteiger partial charge in [0.05, 0.1) is 6.10 Å². The molecule has 2 atom stereocenters. The van der Waals surface area contributed by atoms with E-state index in [1.54, 1.807) is 0 Å². The monoisotopic (exact) mass is 218 g/mol. The summed E-state index contributed by atoms with van der Waals surface area (Å²) in [6, 6.07) is 4.58. The topological polar surface area (TPSA) is 20.2 Å². The minimum Gasteiger partial charge on any atom is -0.388 e. The Kier molecular flexibility index (Phi) is 3.34. The average molecular weight is 218 g/mol. The van der Waals surface area contributed by atoms with Gasteiger partial charge in [0.2, 0.25) is 0 Å². The fraction of sp³-hybridized carbons (Fsp3) is 0.600. The van der Waals surface area contributed by atoms with E-state index in [-0.39, 0.29) is 6.10 Å². The molecule has 0 heterocycles. The molecule has 0 spiro atoms. The van der Waals surface area contributed by atoms with Crippen LogP contribution in [0, 0.1) is 0 Å². The van der Waals surface area contributed by atoms with E-state index in [0.29, 0.717) is 5.92 Å². The maximum absolute atomic E-state index is 10.1. The molecular formula is C15H22O. The van der Waals surface area contributed by atoms with Crippen LogP contribution in [0.1, 0.15) is 67.9 Å². The first-order chi connectivity index (χ1) is 7.67. The van der Waals surface area contributed by atoms with Crippen molar-refractivity contribution in [1.82, 2.24) is 0 Å². The third-order valence-electron chi connectivity index (χ3n) is 3.93. The molecule has 1 aromatic rings. The lowest BCUT2D eigenvalue weighted by Crippen LogP contribution is -2.14. The lowest BCUT2D eigenvalue weighted by atomic mass is 9.79. The van der Waals surface area contributed by atoms with Crippen LogP contribution in [-0.4, -0.2) is 5.11 Å². The van der Waals surface area contributed by atoms with Gasteiger partial charge in [-0.1, -0.05) is 32.9 Å². The Hall–Kier alpha value is -0.820. The summed E-state index contributed by atoms with van der Waals surface area (Å²) in [6.07, 6.45) is 3.96. The molecule has 1 aromatic carbocycles. The summed E-state index contributed by atoms with van der Waals surface area (Å²) in [7, 11) is 0. The molecule has 1 unspecified atom stereocenters. The number of fused-ring (bicyclic) bond motifs is 1. The van der Waals surface area contributed by atoms with Crippen molar-refractivity contribution in [2.75, 3.05) is 0 Å². The highest BCUT2D eigenvalue weighted by Crippen LogP contribution is 2.38.